The molecule has 1 aliphatic rings. The molecule has 2 N–H and O–H groups in total. The van der Waals surface area contributed by atoms with Crippen LogP contribution in [0.3, 0.4) is 0 Å². The van der Waals surface area contributed by atoms with Gasteiger partial charge in [-0.15, -0.1) is 0 Å². The third kappa shape index (κ3) is 3.79. The summed E-state index contributed by atoms with van der Waals surface area (Å²) in [5.41, 5.74) is 0.578. The van der Waals surface area contributed by atoms with Gasteiger partial charge in [-0.2, -0.15) is 0 Å². The van der Waals surface area contributed by atoms with Crippen molar-refractivity contribution in [2.75, 3.05) is 5.32 Å². The van der Waals surface area contributed by atoms with Gasteiger partial charge >= 0.3 is 6.03 Å². The van der Waals surface area contributed by atoms with Crippen LogP contribution in [0.5, 0.6) is 0 Å². The molecule has 1 fully saturated rings. The summed E-state index contributed by atoms with van der Waals surface area (Å²) in [5.74, 6) is 0. The molecule has 0 aliphatic heterocycles. The number of rotatable bonds is 2. The number of carbonyl (C=O) groups is 1. The molecule has 18 heavy (non-hydrogen) atoms. The molecule has 0 bridgehead atoms. The molecule has 0 aromatic heterocycles. The number of hydrogen-bond donors (Lipinski definition) is 2. The lowest BCUT2D eigenvalue weighted by Gasteiger charge is -2.23. The van der Waals surface area contributed by atoms with Gasteiger partial charge in [-0.25, -0.2) is 4.79 Å². The quantitative estimate of drug-likeness (QED) is 0.829. The van der Waals surface area contributed by atoms with Crippen LogP contribution in [-0.4, -0.2) is 12.1 Å². The first-order chi connectivity index (χ1) is 8.65. The Balaban J connectivity index is 1.90. The number of halogens is 2. The van der Waals surface area contributed by atoms with Crippen LogP contribution in [0, 0.1) is 0 Å². The molecule has 0 atom stereocenters. The monoisotopic (exact) mass is 286 g/mol. The average Bonchev–Trinajstić information content (AvgIpc) is 2.34. The highest BCUT2D eigenvalue weighted by molar-refractivity contribution is 6.36. The van der Waals surface area contributed by atoms with E-state index in [4.69, 9.17) is 23.2 Å². The van der Waals surface area contributed by atoms with E-state index in [0.717, 1.165) is 12.8 Å². The second kappa shape index (κ2) is 6.30. The maximum Gasteiger partial charge on any atom is 0.319 e. The van der Waals surface area contributed by atoms with E-state index in [2.05, 4.69) is 10.6 Å². The van der Waals surface area contributed by atoms with Gasteiger partial charge < -0.3 is 10.6 Å². The Bertz CT molecular complexity index is 431. The Hall–Kier alpha value is -0.930. The van der Waals surface area contributed by atoms with E-state index in [1.54, 1.807) is 18.2 Å². The maximum absolute atomic E-state index is 11.8. The molecular formula is C13H16Cl2N2O. The molecule has 0 saturated heterocycles. The van der Waals surface area contributed by atoms with Crippen LogP contribution in [0.1, 0.15) is 32.1 Å². The second-order valence-electron chi connectivity index (χ2n) is 4.56. The molecule has 0 heterocycles. The molecule has 2 amide bonds. The smallest absolute Gasteiger partial charge is 0.319 e. The van der Waals surface area contributed by atoms with Gasteiger partial charge in [0.05, 0.1) is 10.7 Å². The van der Waals surface area contributed by atoms with E-state index in [1.807, 2.05) is 0 Å². The first-order valence-electron chi connectivity index (χ1n) is 6.18. The van der Waals surface area contributed by atoms with Crippen molar-refractivity contribution in [2.45, 2.75) is 38.1 Å². The topological polar surface area (TPSA) is 41.1 Å². The van der Waals surface area contributed by atoms with Crippen LogP contribution in [0.2, 0.25) is 10.0 Å². The highest BCUT2D eigenvalue weighted by Gasteiger charge is 2.16. The van der Waals surface area contributed by atoms with Crippen molar-refractivity contribution in [2.24, 2.45) is 0 Å². The van der Waals surface area contributed by atoms with Gasteiger partial charge in [-0.05, 0) is 31.0 Å². The number of nitrogens with one attached hydrogen (secondary N) is 2. The zero-order chi connectivity index (χ0) is 13.0. The normalized spacial score (nSPS) is 16.3. The number of urea groups is 1. The van der Waals surface area contributed by atoms with Crippen LogP contribution in [0.25, 0.3) is 0 Å². The molecular weight excluding hydrogens is 271 g/mol. The van der Waals surface area contributed by atoms with Crippen molar-refractivity contribution < 1.29 is 4.79 Å². The Kier molecular flexibility index (Phi) is 4.72. The fourth-order valence-electron chi connectivity index (χ4n) is 2.18. The van der Waals surface area contributed by atoms with Crippen LogP contribution in [0.15, 0.2) is 18.2 Å². The van der Waals surface area contributed by atoms with Gasteiger partial charge in [-0.1, -0.05) is 42.5 Å². The summed E-state index contributed by atoms with van der Waals surface area (Å²) < 4.78 is 0. The molecule has 1 aliphatic carbocycles. The van der Waals surface area contributed by atoms with E-state index in [-0.39, 0.29) is 12.1 Å². The summed E-state index contributed by atoms with van der Waals surface area (Å²) in [6.45, 7) is 0. The largest absolute Gasteiger partial charge is 0.335 e. The number of amides is 2. The maximum atomic E-state index is 11.8. The number of carbonyl (C=O) groups excluding carboxylic acids is 1. The van der Waals surface area contributed by atoms with E-state index < -0.39 is 0 Å². The summed E-state index contributed by atoms with van der Waals surface area (Å²) >= 11 is 11.8. The van der Waals surface area contributed by atoms with Crippen molar-refractivity contribution in [3.63, 3.8) is 0 Å². The Morgan fingerprint density at radius 1 is 1.17 bits per heavy atom. The minimum Gasteiger partial charge on any atom is -0.335 e. The van der Waals surface area contributed by atoms with Crippen molar-refractivity contribution in [3.05, 3.63) is 28.2 Å². The van der Waals surface area contributed by atoms with Crippen molar-refractivity contribution in [1.82, 2.24) is 5.32 Å². The Labute approximate surface area is 117 Å². The lowest BCUT2D eigenvalue weighted by Crippen LogP contribution is -2.39. The van der Waals surface area contributed by atoms with Crippen molar-refractivity contribution in [1.29, 1.82) is 0 Å². The first-order valence-corrected chi connectivity index (χ1v) is 6.93. The second-order valence-corrected chi connectivity index (χ2v) is 5.40. The van der Waals surface area contributed by atoms with Gasteiger partial charge in [-0.3, -0.25) is 0 Å². The van der Waals surface area contributed by atoms with Gasteiger partial charge in [0.15, 0.2) is 0 Å². The van der Waals surface area contributed by atoms with Crippen molar-refractivity contribution >= 4 is 34.9 Å². The SMILES string of the molecule is O=C(Nc1ccc(Cl)cc1Cl)NC1CCCCC1. The highest BCUT2D eigenvalue weighted by atomic mass is 35.5. The molecule has 1 aromatic rings. The fourth-order valence-corrected chi connectivity index (χ4v) is 2.64. The van der Waals surface area contributed by atoms with Crippen LogP contribution in [0.4, 0.5) is 10.5 Å². The molecule has 1 aromatic carbocycles. The Morgan fingerprint density at radius 2 is 1.89 bits per heavy atom. The van der Waals surface area contributed by atoms with Crippen LogP contribution in [-0.2, 0) is 0 Å². The summed E-state index contributed by atoms with van der Waals surface area (Å²) in [7, 11) is 0. The van der Waals surface area contributed by atoms with Gasteiger partial charge in [0, 0.05) is 11.1 Å². The zero-order valence-electron chi connectivity index (χ0n) is 10.0. The highest BCUT2D eigenvalue weighted by Crippen LogP contribution is 2.25. The van der Waals surface area contributed by atoms with E-state index in [1.165, 1.54) is 19.3 Å². The molecule has 2 rings (SSSR count). The van der Waals surface area contributed by atoms with Crippen LogP contribution >= 0.6 is 23.2 Å². The molecule has 98 valence electrons. The molecule has 1 saturated carbocycles. The molecule has 3 nitrogen and oxygen atoms in total. The summed E-state index contributed by atoms with van der Waals surface area (Å²) in [4.78, 5) is 11.8. The van der Waals surface area contributed by atoms with Crippen LogP contribution < -0.4 is 10.6 Å². The summed E-state index contributed by atoms with van der Waals surface area (Å²) in [6.07, 6.45) is 5.76. The molecule has 5 heteroatoms. The number of benzene rings is 1. The molecule has 0 unspecified atom stereocenters. The average molecular weight is 287 g/mol. The predicted molar refractivity (Wildman–Crippen MR) is 75.5 cm³/mol. The van der Waals surface area contributed by atoms with Gasteiger partial charge in [0.2, 0.25) is 0 Å². The predicted octanol–water partition coefficient (Wildman–Crippen LogP) is 4.45. The Morgan fingerprint density at radius 3 is 2.56 bits per heavy atom. The lowest BCUT2D eigenvalue weighted by molar-refractivity contribution is 0.244. The zero-order valence-corrected chi connectivity index (χ0v) is 11.5. The first kappa shape index (κ1) is 13.5. The third-order valence-corrected chi connectivity index (χ3v) is 3.67. The molecule has 0 radical (unpaired) electrons. The van der Waals surface area contributed by atoms with Gasteiger partial charge in [0.1, 0.15) is 0 Å². The van der Waals surface area contributed by atoms with E-state index in [0.29, 0.717) is 15.7 Å². The minimum absolute atomic E-state index is 0.203. The van der Waals surface area contributed by atoms with Gasteiger partial charge in [0.25, 0.3) is 0 Å². The third-order valence-electron chi connectivity index (χ3n) is 3.12. The minimum atomic E-state index is -0.203. The molecule has 0 spiro atoms. The van der Waals surface area contributed by atoms with Crippen molar-refractivity contribution in [3.8, 4) is 0 Å². The number of hydrogen-bond acceptors (Lipinski definition) is 1. The summed E-state index contributed by atoms with van der Waals surface area (Å²) in [5, 5.41) is 6.71. The standard InChI is InChI=1S/C13H16Cl2N2O/c14-9-6-7-12(11(15)8-9)17-13(18)16-10-4-2-1-3-5-10/h6-8,10H,1-5H2,(H2,16,17,18). The fraction of sp³-hybridized carbons (Fsp3) is 0.462. The van der Waals surface area contributed by atoms with E-state index in [9.17, 15) is 4.79 Å². The lowest BCUT2D eigenvalue weighted by atomic mass is 9.96. The van der Waals surface area contributed by atoms with E-state index >= 15 is 0 Å². The summed E-state index contributed by atoms with van der Waals surface area (Å²) in [6, 6.07) is 5.09. The number of anilines is 1.